The van der Waals surface area contributed by atoms with Gasteiger partial charge in [0.2, 0.25) is 0 Å². The molecule has 5 heteroatoms. The lowest BCUT2D eigenvalue weighted by atomic mass is 10.0. The monoisotopic (exact) mass is 286 g/mol. The first kappa shape index (κ1) is 16.6. The van der Waals surface area contributed by atoms with Crippen LogP contribution in [-0.2, 0) is 18.4 Å². The lowest BCUT2D eigenvalue weighted by Gasteiger charge is -2.48. The zero-order chi connectivity index (χ0) is 14.4. The number of ketones is 1. The molecule has 1 saturated heterocycles. The van der Waals surface area contributed by atoms with E-state index in [1.54, 1.807) is 21.3 Å². The average molecular weight is 286 g/mol. The van der Waals surface area contributed by atoms with Gasteiger partial charge in [-0.1, -0.05) is 19.4 Å². The summed E-state index contributed by atoms with van der Waals surface area (Å²) in [6, 6.07) is 0.962. The van der Waals surface area contributed by atoms with Crippen LogP contribution in [0.3, 0.4) is 0 Å². The lowest BCUT2D eigenvalue weighted by Crippen LogP contribution is -2.64. The third kappa shape index (κ3) is 3.34. The van der Waals surface area contributed by atoms with Gasteiger partial charge in [0.1, 0.15) is 5.22 Å². The van der Waals surface area contributed by atoms with E-state index in [9.17, 15) is 4.79 Å². The van der Waals surface area contributed by atoms with Gasteiger partial charge in [-0.05, 0) is 31.4 Å². The minimum absolute atomic E-state index is 0.0872. The fourth-order valence-electron chi connectivity index (χ4n) is 3.17. The van der Waals surface area contributed by atoms with Gasteiger partial charge in [0.15, 0.2) is 5.78 Å². The van der Waals surface area contributed by atoms with Crippen molar-refractivity contribution in [2.24, 2.45) is 0 Å². The van der Waals surface area contributed by atoms with E-state index in [1.165, 1.54) is 6.08 Å². The lowest BCUT2D eigenvalue weighted by molar-refractivity contribution is -0.115. The van der Waals surface area contributed by atoms with E-state index in [4.69, 9.17) is 13.6 Å². The van der Waals surface area contributed by atoms with Crippen molar-refractivity contribution < 1.29 is 18.4 Å². The normalized spacial score (nSPS) is 26.1. The number of hydrogen-bond donors (Lipinski definition) is 0. The summed E-state index contributed by atoms with van der Waals surface area (Å²) in [7, 11) is 2.84. The molecule has 4 nitrogen and oxygen atoms in total. The van der Waals surface area contributed by atoms with Crippen molar-refractivity contribution in [3.8, 4) is 0 Å². The fraction of sp³-hybridized carbons (Fsp3) is 0.786. The molecule has 0 N–H and O–H groups in total. The van der Waals surface area contributed by atoms with Gasteiger partial charge in [-0.3, -0.25) is 4.79 Å². The van der Waals surface area contributed by atoms with Crippen LogP contribution in [0.1, 0.15) is 38.5 Å². The smallest absolute Gasteiger partial charge is 0.370 e. The molecule has 0 amide bonds. The minimum atomic E-state index is -2.35. The summed E-state index contributed by atoms with van der Waals surface area (Å²) in [6.45, 7) is 3.50. The highest BCUT2D eigenvalue weighted by molar-refractivity contribution is 6.70. The molecular weight excluding hydrogens is 260 g/mol. The SMILES string of the molecule is C=CC(=O)CCCC1(OC)CCCC[Si]1(OC)OC. The molecular formula is C14H26O4Si. The second-order valence-electron chi connectivity index (χ2n) is 5.09. The summed E-state index contributed by atoms with van der Waals surface area (Å²) >= 11 is 0. The Morgan fingerprint density at radius 3 is 2.53 bits per heavy atom. The van der Waals surface area contributed by atoms with Gasteiger partial charge in [0.25, 0.3) is 0 Å². The van der Waals surface area contributed by atoms with E-state index in [0.717, 1.165) is 38.1 Å². The maximum atomic E-state index is 11.3. The molecule has 0 aromatic carbocycles. The van der Waals surface area contributed by atoms with Crippen molar-refractivity contribution in [3.05, 3.63) is 12.7 Å². The zero-order valence-electron chi connectivity index (χ0n) is 12.4. The molecule has 1 aliphatic rings. The molecule has 0 radical (unpaired) electrons. The zero-order valence-corrected chi connectivity index (χ0v) is 13.4. The second kappa shape index (κ2) is 7.33. The molecule has 0 saturated carbocycles. The van der Waals surface area contributed by atoms with E-state index in [1.807, 2.05) is 0 Å². The number of hydrogen-bond acceptors (Lipinski definition) is 4. The number of allylic oxidation sites excluding steroid dienone is 1. The van der Waals surface area contributed by atoms with Crippen LogP contribution in [0.4, 0.5) is 0 Å². The van der Waals surface area contributed by atoms with Crippen LogP contribution in [0.15, 0.2) is 12.7 Å². The number of ether oxygens (including phenoxy) is 1. The van der Waals surface area contributed by atoms with Crippen LogP contribution in [0, 0.1) is 0 Å². The van der Waals surface area contributed by atoms with Gasteiger partial charge < -0.3 is 13.6 Å². The van der Waals surface area contributed by atoms with Gasteiger partial charge in [-0.25, -0.2) is 0 Å². The molecule has 19 heavy (non-hydrogen) atoms. The molecule has 1 aliphatic heterocycles. The summed E-state index contributed by atoms with van der Waals surface area (Å²) in [5.41, 5.74) is 0. The number of rotatable bonds is 8. The highest BCUT2D eigenvalue weighted by Crippen LogP contribution is 2.42. The largest absolute Gasteiger partial charge is 0.396 e. The molecule has 1 rings (SSSR count). The summed E-state index contributed by atoms with van der Waals surface area (Å²) in [4.78, 5) is 11.3. The quantitative estimate of drug-likeness (QED) is 0.508. The third-order valence-electron chi connectivity index (χ3n) is 4.31. The van der Waals surface area contributed by atoms with Gasteiger partial charge in [0, 0.05) is 27.8 Å². The summed E-state index contributed by atoms with van der Waals surface area (Å²) < 4.78 is 17.5. The van der Waals surface area contributed by atoms with Crippen molar-refractivity contribution in [3.63, 3.8) is 0 Å². The Bertz CT molecular complexity index is 315. The Labute approximate surface area is 117 Å². The molecule has 110 valence electrons. The van der Waals surface area contributed by atoms with E-state index in [-0.39, 0.29) is 11.0 Å². The Morgan fingerprint density at radius 1 is 1.32 bits per heavy atom. The molecule has 0 spiro atoms. The molecule has 1 heterocycles. The predicted octanol–water partition coefficient (Wildman–Crippen LogP) is 2.76. The Morgan fingerprint density at radius 2 is 2.00 bits per heavy atom. The van der Waals surface area contributed by atoms with E-state index >= 15 is 0 Å². The molecule has 0 aliphatic carbocycles. The van der Waals surface area contributed by atoms with Gasteiger partial charge in [0.05, 0.1) is 0 Å². The fourth-order valence-corrected chi connectivity index (χ4v) is 7.09. The average Bonchev–Trinajstić information content (AvgIpc) is 2.47. The van der Waals surface area contributed by atoms with Crippen molar-refractivity contribution in [2.75, 3.05) is 21.3 Å². The number of carbonyl (C=O) groups is 1. The van der Waals surface area contributed by atoms with Gasteiger partial charge in [-0.2, -0.15) is 0 Å². The van der Waals surface area contributed by atoms with E-state index < -0.39 is 8.56 Å². The number of methoxy groups -OCH3 is 1. The molecule has 0 aromatic heterocycles. The van der Waals surface area contributed by atoms with Crippen LogP contribution in [-0.4, -0.2) is 40.9 Å². The van der Waals surface area contributed by atoms with Crippen molar-refractivity contribution in [1.29, 1.82) is 0 Å². The standard InChI is InChI=1S/C14H26O4Si/c1-5-13(15)9-8-11-14(16-2)10-6-7-12-19(14,17-3)18-4/h5H,1,6-12H2,2-4H3. The first-order valence-electron chi connectivity index (χ1n) is 6.90. The topological polar surface area (TPSA) is 44.8 Å². The van der Waals surface area contributed by atoms with Crippen molar-refractivity contribution in [2.45, 2.75) is 49.8 Å². The maximum Gasteiger partial charge on any atom is 0.370 e. The van der Waals surface area contributed by atoms with Crippen LogP contribution >= 0.6 is 0 Å². The predicted molar refractivity (Wildman–Crippen MR) is 77.2 cm³/mol. The molecule has 1 atom stereocenters. The summed E-state index contributed by atoms with van der Waals surface area (Å²) in [6.07, 6.45) is 6.73. The Hall–Kier alpha value is -0.493. The van der Waals surface area contributed by atoms with E-state index in [2.05, 4.69) is 6.58 Å². The molecule has 0 aromatic rings. The van der Waals surface area contributed by atoms with Gasteiger partial charge >= 0.3 is 8.56 Å². The van der Waals surface area contributed by atoms with Gasteiger partial charge in [-0.15, -0.1) is 0 Å². The maximum absolute atomic E-state index is 11.3. The molecule has 1 fully saturated rings. The van der Waals surface area contributed by atoms with Crippen molar-refractivity contribution >= 4 is 14.3 Å². The molecule has 1 unspecified atom stereocenters. The number of carbonyl (C=O) groups excluding carboxylic acids is 1. The van der Waals surface area contributed by atoms with Crippen LogP contribution in [0.5, 0.6) is 0 Å². The highest BCUT2D eigenvalue weighted by Gasteiger charge is 2.58. The first-order chi connectivity index (χ1) is 9.09. The van der Waals surface area contributed by atoms with Crippen LogP contribution < -0.4 is 0 Å². The van der Waals surface area contributed by atoms with Crippen molar-refractivity contribution in [1.82, 2.24) is 0 Å². The highest BCUT2D eigenvalue weighted by atomic mass is 28.4. The van der Waals surface area contributed by atoms with E-state index in [0.29, 0.717) is 6.42 Å². The third-order valence-corrected chi connectivity index (χ3v) is 8.74. The second-order valence-corrected chi connectivity index (χ2v) is 8.82. The van der Waals surface area contributed by atoms with Crippen LogP contribution in [0.2, 0.25) is 6.04 Å². The Kier molecular flexibility index (Phi) is 6.39. The summed E-state index contributed by atoms with van der Waals surface area (Å²) in [5.74, 6) is 0.0872. The van der Waals surface area contributed by atoms with Crippen LogP contribution in [0.25, 0.3) is 0 Å². The Balaban J connectivity index is 2.79. The summed E-state index contributed by atoms with van der Waals surface area (Å²) in [5, 5.41) is -0.323. The minimum Gasteiger partial charge on any atom is -0.396 e. The first-order valence-corrected chi connectivity index (χ1v) is 8.93. The molecule has 0 bridgehead atoms.